The number of amides is 2. The van der Waals surface area contributed by atoms with E-state index in [9.17, 15) is 29.1 Å². The van der Waals surface area contributed by atoms with Gasteiger partial charge < -0.3 is 55.2 Å². The van der Waals surface area contributed by atoms with Gasteiger partial charge in [0, 0.05) is 45.7 Å². The molecule has 6 N–H and O–H groups in total. The van der Waals surface area contributed by atoms with Crippen LogP contribution in [0.4, 0.5) is 9.59 Å². The third kappa shape index (κ3) is 40.1. The van der Waals surface area contributed by atoms with Crippen molar-refractivity contribution in [1.82, 2.24) is 25.3 Å². The molecule has 6 atom stereocenters. The van der Waals surface area contributed by atoms with E-state index in [4.69, 9.17) is 34.5 Å². The van der Waals surface area contributed by atoms with Gasteiger partial charge in [0.1, 0.15) is 41.5 Å². The van der Waals surface area contributed by atoms with Crippen molar-refractivity contribution < 1.29 is 71.1 Å². The number of hydrogen-bond donors (Lipinski definition) is 5. The quantitative estimate of drug-likeness (QED) is 0.0379. The summed E-state index contributed by atoms with van der Waals surface area (Å²) in [5.41, 5.74) is 7.58. The Morgan fingerprint density at radius 2 is 0.890 bits per heavy atom. The van der Waals surface area contributed by atoms with Crippen LogP contribution in [0.1, 0.15) is 117 Å². The van der Waals surface area contributed by atoms with E-state index in [1.807, 2.05) is 91.0 Å². The number of carboxylic acids is 1. The zero-order chi connectivity index (χ0) is 73.0. The molecule has 10 heterocycles. The van der Waals surface area contributed by atoms with Gasteiger partial charge in [-0.15, -0.1) is 0 Å². The molecule has 0 saturated carbocycles. The molecule has 10 aliphatic rings. The fourth-order valence-corrected chi connectivity index (χ4v) is 2740. The summed E-state index contributed by atoms with van der Waals surface area (Å²) in [5.74, 6) is -0.133. The van der Waals surface area contributed by atoms with Crippen LogP contribution < -0.4 is 29.6 Å². The molecule has 584 valence electrons. The molecule has 18 nitrogen and oxygen atoms in total. The Balaban J connectivity index is 0.000000266. The van der Waals surface area contributed by atoms with E-state index in [0.29, 0.717) is 43.9 Å². The van der Waals surface area contributed by atoms with Gasteiger partial charge in [0.05, 0.1) is 6.10 Å². The van der Waals surface area contributed by atoms with E-state index < -0.39 is 55.4 Å². The molecule has 3 aromatic carbocycles. The summed E-state index contributed by atoms with van der Waals surface area (Å²) in [5, 5.41) is 23.5. The maximum Gasteiger partial charge on any atom is 0.323 e. The summed E-state index contributed by atoms with van der Waals surface area (Å²) >= 11 is 30.9. The Labute approximate surface area is 728 Å². The van der Waals surface area contributed by atoms with E-state index in [-0.39, 0.29) is 99.4 Å². The van der Waals surface area contributed by atoms with Gasteiger partial charge in [0.15, 0.2) is 0 Å². The van der Waals surface area contributed by atoms with Gasteiger partial charge in [-0.1, -0.05) is 98.4 Å². The summed E-state index contributed by atoms with van der Waals surface area (Å²) in [4.78, 5) is 67.0. The van der Waals surface area contributed by atoms with Crippen LogP contribution in [-0.2, 0) is 57.3 Å². The summed E-state index contributed by atoms with van der Waals surface area (Å²) in [6.07, 6.45) is 9.20. The molecule has 0 aromatic heterocycles. The third-order valence-corrected chi connectivity index (χ3v) is 1260. The van der Waals surface area contributed by atoms with Crippen LogP contribution in [0.15, 0.2) is 91.0 Å². The zero-order valence-corrected chi connectivity index (χ0v) is 96.5. The van der Waals surface area contributed by atoms with Crippen molar-refractivity contribution in [3.8, 4) is 0 Å². The number of nitrogens with two attached hydrogens (primary N) is 1. The first kappa shape index (κ1) is 101. The number of halogens is 19. The van der Waals surface area contributed by atoms with E-state index in [2.05, 4.69) is 211 Å². The molecule has 10 aliphatic heterocycles. The van der Waals surface area contributed by atoms with Gasteiger partial charge in [-0.05, 0) is 173 Å². The number of esters is 2. The summed E-state index contributed by atoms with van der Waals surface area (Å²) in [6.45, 7) is 22.1. The summed E-state index contributed by atoms with van der Waals surface area (Å²) in [7, 11) is -2.98. The van der Waals surface area contributed by atoms with Crippen molar-refractivity contribution in [3.05, 3.63) is 108 Å². The maximum atomic E-state index is 12.9. The Morgan fingerprint density at radius 1 is 0.540 bits per heavy atom. The molecule has 0 aliphatic carbocycles. The van der Waals surface area contributed by atoms with Crippen LogP contribution in [0.2, 0.25) is 0 Å². The molecule has 100 heavy (non-hydrogen) atoms. The molecular weight excluding hydrogens is 3440 g/mol. The number of carboxylic acid groups (broad SMARTS) is 1. The molecule has 10 fully saturated rings. The number of aliphatic hydroxyl groups excluding tert-OH is 1. The summed E-state index contributed by atoms with van der Waals surface area (Å²) < 4.78 is 26.8. The predicted octanol–water partition coefficient (Wildman–Crippen LogP) is 20.6. The van der Waals surface area contributed by atoms with Crippen molar-refractivity contribution in [2.45, 2.75) is 167 Å². The smallest absolute Gasteiger partial charge is 0.323 e. The minimum Gasteiger partial charge on any atom is -0.460 e. The second kappa shape index (κ2) is 54.3. The van der Waals surface area contributed by atoms with E-state index in [1.54, 1.807) is 41.5 Å². The molecule has 0 unspecified atom stereocenters. The Kier molecular flexibility index (Phi) is 54.7. The van der Waals surface area contributed by atoms with E-state index >= 15 is 0 Å². The second-order valence-corrected chi connectivity index (χ2v) is 432. The van der Waals surface area contributed by atoms with Crippen LogP contribution in [0, 0.1) is 17.8 Å². The van der Waals surface area contributed by atoms with Crippen LogP contribution in [0.3, 0.4) is 0 Å². The van der Waals surface area contributed by atoms with Gasteiger partial charge in [-0.3, -0.25) is 14.6 Å². The van der Waals surface area contributed by atoms with Gasteiger partial charge in [0.2, 0.25) is 0 Å². The van der Waals surface area contributed by atoms with Gasteiger partial charge >= 0.3 is 293 Å². The third-order valence-electron chi connectivity index (χ3n) is 15.9. The number of fused-ring (bicyclic) bond motifs is 9. The number of benzene rings is 3. The van der Waals surface area contributed by atoms with Crippen molar-refractivity contribution in [1.29, 1.82) is 0 Å². The number of aliphatic hydroxyl groups is 1. The monoisotopic (exact) mass is 3540 g/mol. The first-order valence-corrected chi connectivity index (χ1v) is 145. The molecule has 13 rings (SSSR count). The molecule has 10 saturated heterocycles. The number of hydrogen-bond acceptors (Lipinski definition) is 15. The number of nitrogens with one attached hydrogen (secondary N) is 2. The topological polar surface area (TPSA) is 232 Å². The normalized spacial score (nSPS) is 24.3. The van der Waals surface area contributed by atoms with Crippen molar-refractivity contribution >= 4 is 279 Å². The number of rotatable bonds is 21. The second-order valence-electron chi connectivity index (χ2n) is 25.5. The van der Waals surface area contributed by atoms with Gasteiger partial charge in [-0.25, -0.2) is 19.2 Å². The molecule has 37 heteroatoms. The Bertz CT molecular complexity index is 2830. The molecule has 0 spiro atoms. The Morgan fingerprint density at radius 3 is 1.20 bits per heavy atom. The van der Waals surface area contributed by atoms with Crippen LogP contribution in [-0.4, -0.2) is 175 Å². The molecule has 6 bridgehead atoms. The largest absolute Gasteiger partial charge is 0.460 e. The number of nitrogens with zero attached hydrogens (tertiary/aromatic N) is 3. The summed E-state index contributed by atoms with van der Waals surface area (Å²) in [6, 6.07) is 26.3. The van der Waals surface area contributed by atoms with Crippen molar-refractivity contribution in [2.24, 2.45) is 23.5 Å². The average Bonchev–Trinajstić information content (AvgIpc) is 0.895. The van der Waals surface area contributed by atoms with Crippen LogP contribution in [0.25, 0.3) is 0 Å². The Hall–Kier alpha value is 8.24. The number of carbonyl (C=O) groups excluding carboxylic acids is 4. The minimum absolute atomic E-state index is 0. The number of carbonyl (C=O) groups is 5. The fraction of sp³-hybridized carbons (Fsp3) is 0.635. The first-order chi connectivity index (χ1) is 46.8. The first-order valence-electron chi connectivity index (χ1n) is 31.7. The van der Waals surface area contributed by atoms with E-state index in [1.165, 1.54) is 38.8 Å². The number of piperidine rings is 9. The zero-order valence-electron chi connectivity index (χ0n) is 55.5. The van der Waals surface area contributed by atoms with Crippen LogP contribution >= 0.6 is 249 Å². The van der Waals surface area contributed by atoms with Gasteiger partial charge in [-0.2, -0.15) is 0 Å². The molecule has 0 radical (unpaired) electrons. The number of alkyl carbamates (subject to hydrolysis) is 2. The van der Waals surface area contributed by atoms with E-state index in [0.717, 1.165) is 101 Å². The molecular formula is C63H96I19N6O12-. The van der Waals surface area contributed by atoms with Crippen molar-refractivity contribution in [3.63, 3.8) is 0 Å². The average molecular weight is 3540 g/mol. The minimum atomic E-state index is -1.09. The standard InChI is InChI=1S/C21H30N2O4.C16H22N2O2.C14H19NO4.C7H13NO.C4H8O.CH4.I19/c1-21(2,3)27-20(25)22-17(13-15-7-5-4-6-8-15)19(24)26-18-14-23-11-9-16(18)10-12-23;17-14(10-12-4-2-1-3-5-12)16(19)20-15-11-18-8-6-13(15)7-9-18;1-14(2,3)19-13(18)15-11(12(16)17)9-10-7-5-4-6-8-10;9-7-5-8-3-1-6(7)2-4-8;1-2-4-5-3-1;;1-11-13(4)15(6)17(8)19(10)18(9)16(7)14(5)12(2)3/h4-8,16-18H,9-14H2,1-3H3,(H,22,25);1-5,13-15H,6-11,17H2;4-8,11H,9H2,1-3H3,(H,15,18)(H,16,17);6-7,9H,1-5H2;1-4H2;1H4;/q;;;;;;-1/t17-,18-;14-,15-;11-;7-;;;/m0000.../s1. The predicted molar refractivity (Wildman–Crippen MR) is 565 cm³/mol. The number of ether oxygens (including phenoxy) is 5. The van der Waals surface area contributed by atoms with Gasteiger partial charge in [0.25, 0.3) is 0 Å². The number of aliphatic carboxylic acids is 1. The van der Waals surface area contributed by atoms with Crippen molar-refractivity contribution in [2.75, 3.05) is 72.1 Å². The fourth-order valence-electron chi connectivity index (χ4n) is 11.1. The maximum absolute atomic E-state index is 12.9. The SMILES string of the molecule is C.C1CCOC1.CC(C)(C)OC(=O)N[C@@H](Cc1ccccc1)C(=O)O.CC(C)(C)OC(=O)N[C@@H](Cc1ccccc1)C(=O)O[C@H]1CN2CCC1CC2.I[I-]I(I)I(I)I(I)I(I)I(I)I(I)I(I)I(I)I.N[C@@H](Cc1ccccc1)C(=O)O[C@H]1CN2CCC1CC2.O[C@H]1CN2CCC1CC2. The molecule has 2 amide bonds. The molecule has 3 aromatic rings. The van der Waals surface area contributed by atoms with Crippen LogP contribution in [0.5, 0.6) is 0 Å².